The molecule has 6 aliphatic rings. The number of likely N-dealkylation sites (tertiary alicyclic amines) is 2. The van der Waals surface area contributed by atoms with Crippen LogP contribution < -0.4 is 0 Å². The molecule has 0 aromatic rings. The smallest absolute Gasteiger partial charge is 0.0740 e. The summed E-state index contributed by atoms with van der Waals surface area (Å²) in [6.07, 6.45) is 20.8. The van der Waals surface area contributed by atoms with Crippen molar-refractivity contribution in [2.75, 3.05) is 26.2 Å². The van der Waals surface area contributed by atoms with Gasteiger partial charge in [-0.15, -0.1) is 0 Å². The van der Waals surface area contributed by atoms with E-state index in [-0.39, 0.29) is 6.10 Å². The zero-order chi connectivity index (χ0) is 22.0. The SMILES string of the molecule is C[C@]12CC[C@H]3[C@@H](CC[C@H]4CC(N5CCCCC5)(N5CCCCC5)CC[C@@]43C)[C@@H]1C[C@H](O)C2. The molecule has 6 fully saturated rings. The minimum atomic E-state index is -0.0218. The lowest BCUT2D eigenvalue weighted by molar-refractivity contribution is -0.177. The fraction of sp³-hybridized carbons (Fsp3) is 1.00. The molecule has 2 heterocycles. The van der Waals surface area contributed by atoms with Crippen molar-refractivity contribution in [2.24, 2.45) is 34.5 Å². The summed E-state index contributed by atoms with van der Waals surface area (Å²) in [5.74, 6) is 3.52. The predicted octanol–water partition coefficient (Wildman–Crippen LogP) is 6.06. The maximum absolute atomic E-state index is 10.6. The highest BCUT2D eigenvalue weighted by molar-refractivity contribution is 5.11. The second-order valence-corrected chi connectivity index (χ2v) is 13.7. The van der Waals surface area contributed by atoms with Crippen LogP contribution in [-0.2, 0) is 0 Å². The molecular formula is C29H50N2O. The molecule has 4 aliphatic carbocycles. The highest BCUT2D eigenvalue weighted by Gasteiger charge is 2.61. The van der Waals surface area contributed by atoms with E-state index in [0.717, 1.165) is 36.5 Å². The number of nitrogens with zero attached hydrogens (tertiary/aromatic N) is 2. The summed E-state index contributed by atoms with van der Waals surface area (Å²) in [5, 5.41) is 10.6. The molecule has 0 unspecified atom stereocenters. The van der Waals surface area contributed by atoms with E-state index in [0.29, 0.717) is 16.5 Å². The Bertz CT molecular complexity index is 665. The lowest BCUT2D eigenvalue weighted by Gasteiger charge is -2.65. The Labute approximate surface area is 197 Å². The third-order valence-electron chi connectivity index (χ3n) is 12.3. The van der Waals surface area contributed by atoms with Crippen LogP contribution >= 0.6 is 0 Å². The van der Waals surface area contributed by atoms with Gasteiger partial charge in [-0.25, -0.2) is 0 Å². The van der Waals surface area contributed by atoms with Crippen LogP contribution in [-0.4, -0.2) is 52.9 Å². The molecule has 2 aliphatic heterocycles. The van der Waals surface area contributed by atoms with Crippen molar-refractivity contribution in [3.8, 4) is 0 Å². The molecule has 3 nitrogen and oxygen atoms in total. The molecule has 7 atom stereocenters. The van der Waals surface area contributed by atoms with Gasteiger partial charge in [0.1, 0.15) is 0 Å². The highest BCUT2D eigenvalue weighted by atomic mass is 16.3. The quantitative estimate of drug-likeness (QED) is 0.563. The standard InChI is InChI=1S/C29H50N2O/c1-27-12-11-25-24(26(27)19-23(32)21-27)10-9-22-20-29(14-13-28(22,25)2,30-15-5-3-6-16-30)31-17-7-4-8-18-31/h22-26,32H,3-21H2,1-2H3/t22-,23-,24+,25-,26-,27+,28-/m0/s1. The molecule has 3 heteroatoms. The number of aliphatic hydroxyl groups is 1. The van der Waals surface area contributed by atoms with Gasteiger partial charge in [0.15, 0.2) is 0 Å². The van der Waals surface area contributed by atoms with Gasteiger partial charge in [0.25, 0.3) is 0 Å². The first-order valence-corrected chi connectivity index (χ1v) is 14.6. The Morgan fingerprint density at radius 3 is 2.00 bits per heavy atom. The van der Waals surface area contributed by atoms with Gasteiger partial charge >= 0.3 is 0 Å². The van der Waals surface area contributed by atoms with Crippen molar-refractivity contribution >= 4 is 0 Å². The molecule has 2 saturated heterocycles. The summed E-state index contributed by atoms with van der Waals surface area (Å²) in [6.45, 7) is 10.7. The van der Waals surface area contributed by atoms with Crippen LogP contribution in [0.15, 0.2) is 0 Å². The number of aliphatic hydroxyl groups excluding tert-OH is 1. The van der Waals surface area contributed by atoms with Crippen molar-refractivity contribution in [3.63, 3.8) is 0 Å². The molecule has 32 heavy (non-hydrogen) atoms. The van der Waals surface area contributed by atoms with E-state index in [9.17, 15) is 5.11 Å². The summed E-state index contributed by atoms with van der Waals surface area (Å²) in [7, 11) is 0. The van der Waals surface area contributed by atoms with Crippen molar-refractivity contribution in [1.29, 1.82) is 0 Å². The van der Waals surface area contributed by atoms with Crippen LogP contribution in [0.1, 0.15) is 110 Å². The lowest BCUT2D eigenvalue weighted by Crippen LogP contribution is -2.67. The molecule has 0 amide bonds. The van der Waals surface area contributed by atoms with E-state index in [1.54, 1.807) is 0 Å². The first-order chi connectivity index (χ1) is 15.4. The van der Waals surface area contributed by atoms with Crippen molar-refractivity contribution in [3.05, 3.63) is 0 Å². The minimum absolute atomic E-state index is 0.0218. The van der Waals surface area contributed by atoms with E-state index in [1.165, 1.54) is 110 Å². The monoisotopic (exact) mass is 442 g/mol. The second-order valence-electron chi connectivity index (χ2n) is 13.7. The Morgan fingerprint density at radius 2 is 1.34 bits per heavy atom. The van der Waals surface area contributed by atoms with E-state index >= 15 is 0 Å². The molecule has 4 saturated carbocycles. The van der Waals surface area contributed by atoms with Crippen molar-refractivity contribution in [2.45, 2.75) is 122 Å². The maximum atomic E-state index is 10.6. The summed E-state index contributed by atoms with van der Waals surface area (Å²) in [4.78, 5) is 6.00. The van der Waals surface area contributed by atoms with Gasteiger partial charge < -0.3 is 5.11 Å². The largest absolute Gasteiger partial charge is 0.393 e. The average molecular weight is 443 g/mol. The molecule has 6 rings (SSSR count). The maximum Gasteiger partial charge on any atom is 0.0740 e. The molecule has 1 N–H and O–H groups in total. The molecule has 0 aromatic carbocycles. The fourth-order valence-electron chi connectivity index (χ4n) is 10.6. The normalized spacial score (nSPS) is 49.8. The van der Waals surface area contributed by atoms with Crippen LogP contribution in [0.25, 0.3) is 0 Å². The van der Waals surface area contributed by atoms with Crippen LogP contribution in [0, 0.1) is 34.5 Å². The molecule has 0 bridgehead atoms. The van der Waals surface area contributed by atoms with Gasteiger partial charge in [0.2, 0.25) is 0 Å². The molecule has 0 radical (unpaired) electrons. The van der Waals surface area contributed by atoms with Crippen LogP contribution in [0.2, 0.25) is 0 Å². The zero-order valence-corrected chi connectivity index (χ0v) is 21.2. The minimum Gasteiger partial charge on any atom is -0.393 e. The molecule has 0 aromatic heterocycles. The van der Waals surface area contributed by atoms with Gasteiger partial charge in [-0.3, -0.25) is 9.80 Å². The van der Waals surface area contributed by atoms with Gasteiger partial charge in [0.05, 0.1) is 11.8 Å². The Hall–Kier alpha value is -0.120. The number of fused-ring (bicyclic) bond motifs is 5. The highest BCUT2D eigenvalue weighted by Crippen LogP contribution is 2.67. The average Bonchev–Trinajstić information content (AvgIpc) is 3.14. The molecular weight excluding hydrogens is 392 g/mol. The summed E-state index contributed by atoms with van der Waals surface area (Å²) >= 11 is 0. The summed E-state index contributed by atoms with van der Waals surface area (Å²) in [6, 6.07) is 0. The first kappa shape index (κ1) is 22.4. The first-order valence-electron chi connectivity index (χ1n) is 14.6. The van der Waals surface area contributed by atoms with Crippen LogP contribution in [0.5, 0.6) is 0 Å². The number of hydrogen-bond donors (Lipinski definition) is 1. The van der Waals surface area contributed by atoms with Gasteiger partial charge in [-0.05, 0) is 144 Å². The third-order valence-corrected chi connectivity index (χ3v) is 12.3. The third kappa shape index (κ3) is 3.38. The molecule has 0 spiro atoms. The number of rotatable bonds is 2. The van der Waals surface area contributed by atoms with Gasteiger partial charge in [-0.2, -0.15) is 0 Å². The Morgan fingerprint density at radius 1 is 0.688 bits per heavy atom. The molecule has 182 valence electrons. The van der Waals surface area contributed by atoms with Crippen LogP contribution in [0.4, 0.5) is 0 Å². The van der Waals surface area contributed by atoms with E-state index < -0.39 is 0 Å². The predicted molar refractivity (Wildman–Crippen MR) is 131 cm³/mol. The van der Waals surface area contributed by atoms with Gasteiger partial charge in [-0.1, -0.05) is 26.7 Å². The van der Waals surface area contributed by atoms with Crippen LogP contribution in [0.3, 0.4) is 0 Å². The van der Waals surface area contributed by atoms with E-state index in [1.807, 2.05) is 0 Å². The topological polar surface area (TPSA) is 26.7 Å². The Balaban J connectivity index is 1.27. The summed E-state index contributed by atoms with van der Waals surface area (Å²) in [5.41, 5.74) is 1.36. The van der Waals surface area contributed by atoms with Crippen molar-refractivity contribution in [1.82, 2.24) is 9.80 Å². The Kier molecular flexibility index (Phi) is 5.75. The van der Waals surface area contributed by atoms with Gasteiger partial charge in [0, 0.05) is 0 Å². The lowest BCUT2D eigenvalue weighted by atomic mass is 9.44. The zero-order valence-electron chi connectivity index (χ0n) is 21.2. The fourth-order valence-corrected chi connectivity index (χ4v) is 10.6. The number of piperidine rings is 2. The van der Waals surface area contributed by atoms with E-state index in [2.05, 4.69) is 23.6 Å². The van der Waals surface area contributed by atoms with Crippen molar-refractivity contribution < 1.29 is 5.11 Å². The van der Waals surface area contributed by atoms with E-state index in [4.69, 9.17) is 0 Å². The summed E-state index contributed by atoms with van der Waals surface area (Å²) < 4.78 is 0. The number of hydrogen-bond acceptors (Lipinski definition) is 3. The second kappa shape index (κ2) is 8.23.